The predicted octanol–water partition coefficient (Wildman–Crippen LogP) is 3.16. The molecule has 0 radical (unpaired) electrons. The van der Waals surface area contributed by atoms with Crippen LogP contribution in [0.25, 0.3) is 0 Å². The predicted molar refractivity (Wildman–Crippen MR) is 85.8 cm³/mol. The Kier molecular flexibility index (Phi) is 4.37. The molecule has 2 unspecified atom stereocenters. The summed E-state index contributed by atoms with van der Waals surface area (Å²) in [6.07, 6.45) is 8.18. The molecule has 20 heavy (non-hydrogen) atoms. The number of nitrogens with zero attached hydrogens (tertiary/aromatic N) is 2. The van der Waals surface area contributed by atoms with Crippen LogP contribution in [0.15, 0.2) is 5.51 Å². The quantitative estimate of drug-likeness (QED) is 0.925. The van der Waals surface area contributed by atoms with Crippen molar-refractivity contribution in [2.24, 2.45) is 0 Å². The lowest BCUT2D eigenvalue weighted by molar-refractivity contribution is 0.166. The summed E-state index contributed by atoms with van der Waals surface area (Å²) in [7, 11) is 2.31. The molecule has 3 nitrogen and oxygen atoms in total. The van der Waals surface area contributed by atoms with E-state index in [1.165, 1.54) is 49.1 Å². The Hall–Kier alpha value is -0.160. The number of fused-ring (bicyclic) bond motifs is 2. The highest BCUT2D eigenvalue weighted by Gasteiger charge is 2.35. The zero-order chi connectivity index (χ0) is 12.8. The Morgan fingerprint density at radius 2 is 1.95 bits per heavy atom. The molecule has 2 bridgehead atoms. The summed E-state index contributed by atoms with van der Waals surface area (Å²) in [4.78, 5) is 8.71. The van der Waals surface area contributed by atoms with E-state index in [1.54, 1.807) is 0 Å². The van der Waals surface area contributed by atoms with E-state index in [0.29, 0.717) is 0 Å². The number of hydrogen-bond acceptors (Lipinski definition) is 4. The van der Waals surface area contributed by atoms with Gasteiger partial charge in [0.25, 0.3) is 0 Å². The average Bonchev–Trinajstić information content (AvgIpc) is 3.07. The van der Waals surface area contributed by atoms with Gasteiger partial charge in [-0.1, -0.05) is 0 Å². The van der Waals surface area contributed by atoms with Gasteiger partial charge in [0.2, 0.25) is 0 Å². The van der Waals surface area contributed by atoms with Crippen molar-refractivity contribution in [1.29, 1.82) is 0 Å². The second kappa shape index (κ2) is 5.91. The average molecular weight is 314 g/mol. The molecule has 1 aliphatic carbocycles. The van der Waals surface area contributed by atoms with Crippen molar-refractivity contribution in [3.05, 3.63) is 16.1 Å². The van der Waals surface area contributed by atoms with E-state index in [-0.39, 0.29) is 12.4 Å². The fraction of sp³-hybridized carbons (Fsp3) is 0.800. The molecular formula is C15H24ClN3S. The van der Waals surface area contributed by atoms with Crippen molar-refractivity contribution in [3.63, 3.8) is 0 Å². The summed E-state index contributed by atoms with van der Waals surface area (Å²) in [5.74, 6) is 0.791. The van der Waals surface area contributed by atoms with Gasteiger partial charge in [-0.05, 0) is 45.6 Å². The van der Waals surface area contributed by atoms with Crippen molar-refractivity contribution >= 4 is 23.7 Å². The van der Waals surface area contributed by atoms with Crippen LogP contribution in [0.5, 0.6) is 0 Å². The molecule has 2 atom stereocenters. The Bertz CT molecular complexity index is 448. The number of piperidine rings is 1. The van der Waals surface area contributed by atoms with Gasteiger partial charge in [-0.25, -0.2) is 4.98 Å². The molecule has 112 valence electrons. The molecule has 1 saturated carbocycles. The van der Waals surface area contributed by atoms with Gasteiger partial charge in [0.05, 0.1) is 11.2 Å². The number of hydrogen-bond donors (Lipinski definition) is 1. The van der Waals surface area contributed by atoms with Crippen LogP contribution in [0.1, 0.15) is 55.0 Å². The molecule has 1 aromatic heterocycles. The van der Waals surface area contributed by atoms with Crippen molar-refractivity contribution in [1.82, 2.24) is 15.2 Å². The minimum absolute atomic E-state index is 0. The number of aromatic nitrogens is 1. The van der Waals surface area contributed by atoms with E-state index in [2.05, 4.69) is 22.2 Å². The molecule has 1 N–H and O–H groups in total. The lowest BCUT2D eigenvalue weighted by atomic mass is 9.98. The van der Waals surface area contributed by atoms with E-state index in [4.69, 9.17) is 0 Å². The molecule has 3 heterocycles. The highest BCUT2D eigenvalue weighted by molar-refractivity contribution is 7.09. The van der Waals surface area contributed by atoms with E-state index >= 15 is 0 Å². The van der Waals surface area contributed by atoms with Crippen molar-refractivity contribution in [2.75, 3.05) is 7.05 Å². The third kappa shape index (κ3) is 2.89. The maximum atomic E-state index is 4.60. The van der Waals surface area contributed by atoms with Crippen LogP contribution >= 0.6 is 23.7 Å². The molecular weight excluding hydrogens is 290 g/mol. The van der Waals surface area contributed by atoms with E-state index < -0.39 is 0 Å². The highest BCUT2D eigenvalue weighted by atomic mass is 35.5. The second-order valence-electron chi connectivity index (χ2n) is 6.61. The molecule has 2 saturated heterocycles. The van der Waals surface area contributed by atoms with Crippen molar-refractivity contribution in [2.45, 2.75) is 69.1 Å². The van der Waals surface area contributed by atoms with Crippen LogP contribution in [0.4, 0.5) is 0 Å². The van der Waals surface area contributed by atoms with Crippen LogP contribution in [0.3, 0.4) is 0 Å². The smallest absolute Gasteiger partial charge is 0.0798 e. The minimum Gasteiger partial charge on any atom is -0.311 e. The van der Waals surface area contributed by atoms with Crippen LogP contribution in [0, 0.1) is 0 Å². The Labute approximate surface area is 131 Å². The van der Waals surface area contributed by atoms with E-state index in [0.717, 1.165) is 30.6 Å². The third-order valence-electron chi connectivity index (χ3n) is 5.10. The van der Waals surface area contributed by atoms with Crippen molar-refractivity contribution in [3.8, 4) is 0 Å². The SMILES string of the molecule is CN(Cc1scnc1C1CC1)C1CC2CCC(C1)N2.Cl. The van der Waals surface area contributed by atoms with Gasteiger partial charge in [0.15, 0.2) is 0 Å². The fourth-order valence-corrected chi connectivity index (χ4v) is 4.74. The molecule has 0 aromatic carbocycles. The number of rotatable bonds is 4. The maximum Gasteiger partial charge on any atom is 0.0798 e. The van der Waals surface area contributed by atoms with Gasteiger partial charge in [-0.3, -0.25) is 4.90 Å². The molecule has 2 aliphatic heterocycles. The topological polar surface area (TPSA) is 28.2 Å². The Balaban J connectivity index is 0.00000121. The molecule has 1 aromatic rings. The second-order valence-corrected chi connectivity index (χ2v) is 7.55. The first-order valence-electron chi connectivity index (χ1n) is 7.68. The van der Waals surface area contributed by atoms with Gasteiger partial charge >= 0.3 is 0 Å². The molecule has 5 heteroatoms. The summed E-state index contributed by atoms with van der Waals surface area (Å²) in [6, 6.07) is 2.35. The van der Waals surface area contributed by atoms with Crippen LogP contribution < -0.4 is 5.32 Å². The van der Waals surface area contributed by atoms with Gasteiger partial charge in [0, 0.05) is 35.5 Å². The fourth-order valence-electron chi connectivity index (χ4n) is 3.83. The molecule has 3 fully saturated rings. The summed E-state index contributed by atoms with van der Waals surface area (Å²) in [6.45, 7) is 1.11. The molecule has 3 aliphatic rings. The maximum absolute atomic E-state index is 4.60. The van der Waals surface area contributed by atoms with Crippen LogP contribution in [-0.2, 0) is 6.54 Å². The number of thiazole rings is 1. The highest BCUT2D eigenvalue weighted by Crippen LogP contribution is 2.42. The largest absolute Gasteiger partial charge is 0.311 e. The van der Waals surface area contributed by atoms with Gasteiger partial charge in [-0.15, -0.1) is 23.7 Å². The number of halogens is 1. The zero-order valence-corrected chi connectivity index (χ0v) is 13.7. The lowest BCUT2D eigenvalue weighted by Crippen LogP contribution is -2.46. The minimum atomic E-state index is 0. The Morgan fingerprint density at radius 3 is 2.60 bits per heavy atom. The van der Waals surface area contributed by atoms with E-state index in [9.17, 15) is 0 Å². The van der Waals surface area contributed by atoms with Crippen molar-refractivity contribution < 1.29 is 0 Å². The number of nitrogens with one attached hydrogen (secondary N) is 1. The van der Waals surface area contributed by atoms with Crippen LogP contribution in [0.2, 0.25) is 0 Å². The first kappa shape index (κ1) is 14.8. The molecule has 4 rings (SSSR count). The molecule has 0 amide bonds. The zero-order valence-electron chi connectivity index (χ0n) is 12.0. The third-order valence-corrected chi connectivity index (χ3v) is 5.93. The summed E-state index contributed by atoms with van der Waals surface area (Å²) < 4.78 is 0. The monoisotopic (exact) mass is 313 g/mol. The summed E-state index contributed by atoms with van der Waals surface area (Å²) >= 11 is 1.86. The molecule has 0 spiro atoms. The van der Waals surface area contributed by atoms with Gasteiger partial charge in [-0.2, -0.15) is 0 Å². The van der Waals surface area contributed by atoms with E-state index in [1.807, 2.05) is 16.8 Å². The van der Waals surface area contributed by atoms with Crippen LogP contribution in [-0.4, -0.2) is 35.1 Å². The standard InChI is InChI=1S/C15H23N3S.ClH/c1-18(13-6-11-4-5-12(7-13)17-11)8-14-15(10-2-3-10)16-9-19-14;/h9-13,17H,2-8H2,1H3;1H. The normalized spacial score (nSPS) is 32.4. The Morgan fingerprint density at radius 1 is 1.25 bits per heavy atom. The summed E-state index contributed by atoms with van der Waals surface area (Å²) in [5, 5.41) is 3.74. The van der Waals surface area contributed by atoms with Gasteiger partial charge in [0.1, 0.15) is 0 Å². The lowest BCUT2D eigenvalue weighted by Gasteiger charge is -2.35. The first-order valence-corrected chi connectivity index (χ1v) is 8.56. The first-order chi connectivity index (χ1) is 9.29. The summed E-state index contributed by atoms with van der Waals surface area (Å²) in [5.41, 5.74) is 3.46. The van der Waals surface area contributed by atoms with Gasteiger partial charge < -0.3 is 5.32 Å².